The molecule has 1 aliphatic heterocycles. The standard InChI is InChI=1S/C12H12N2O/c13-11-4-5-14-12(7-11)10-3-1-2-9(6-10)8-15/h1-8,12,14H,13H2. The number of nitrogens with two attached hydrogens (primary N) is 1. The van der Waals surface area contributed by atoms with E-state index in [1.54, 1.807) is 12.1 Å². The van der Waals surface area contributed by atoms with Crippen LogP contribution in [-0.2, 0) is 0 Å². The van der Waals surface area contributed by atoms with E-state index in [-0.39, 0.29) is 6.04 Å². The molecule has 0 bridgehead atoms. The van der Waals surface area contributed by atoms with Crippen molar-refractivity contribution in [2.24, 2.45) is 5.73 Å². The van der Waals surface area contributed by atoms with Gasteiger partial charge in [-0.05, 0) is 30.0 Å². The lowest BCUT2D eigenvalue weighted by atomic mass is 10.0. The van der Waals surface area contributed by atoms with Crippen molar-refractivity contribution in [2.75, 3.05) is 0 Å². The van der Waals surface area contributed by atoms with Gasteiger partial charge in [0.05, 0.1) is 6.04 Å². The lowest BCUT2D eigenvalue weighted by Gasteiger charge is -2.18. The van der Waals surface area contributed by atoms with Gasteiger partial charge in [-0.2, -0.15) is 0 Å². The van der Waals surface area contributed by atoms with E-state index in [0.29, 0.717) is 5.56 Å². The van der Waals surface area contributed by atoms with Gasteiger partial charge in [-0.1, -0.05) is 18.2 Å². The Morgan fingerprint density at radius 3 is 3.00 bits per heavy atom. The molecule has 1 heterocycles. The van der Waals surface area contributed by atoms with Gasteiger partial charge in [0.1, 0.15) is 6.29 Å². The van der Waals surface area contributed by atoms with Crippen LogP contribution in [0.1, 0.15) is 22.0 Å². The molecule has 3 N–H and O–H groups in total. The summed E-state index contributed by atoms with van der Waals surface area (Å²) in [5.74, 6) is 0. The molecule has 0 radical (unpaired) electrons. The fraction of sp³-hybridized carbons (Fsp3) is 0.0833. The molecule has 76 valence electrons. The monoisotopic (exact) mass is 200 g/mol. The molecule has 1 atom stereocenters. The lowest BCUT2D eigenvalue weighted by Crippen LogP contribution is -2.18. The molecule has 1 aliphatic rings. The van der Waals surface area contributed by atoms with E-state index in [1.165, 1.54) is 0 Å². The number of rotatable bonds is 2. The van der Waals surface area contributed by atoms with Crippen LogP contribution in [0.3, 0.4) is 0 Å². The Balaban J connectivity index is 2.30. The number of nitrogens with one attached hydrogen (secondary N) is 1. The number of dihydropyridines is 1. The highest BCUT2D eigenvalue weighted by Gasteiger charge is 2.09. The van der Waals surface area contributed by atoms with Gasteiger partial charge in [0.15, 0.2) is 0 Å². The molecule has 0 saturated carbocycles. The van der Waals surface area contributed by atoms with Crippen molar-refractivity contribution in [3.63, 3.8) is 0 Å². The van der Waals surface area contributed by atoms with Gasteiger partial charge >= 0.3 is 0 Å². The molecule has 0 aliphatic carbocycles. The number of carbonyl (C=O) groups is 1. The zero-order valence-electron chi connectivity index (χ0n) is 8.18. The molecular weight excluding hydrogens is 188 g/mol. The summed E-state index contributed by atoms with van der Waals surface area (Å²) < 4.78 is 0. The third-order valence-corrected chi connectivity index (χ3v) is 2.32. The van der Waals surface area contributed by atoms with Crippen LogP contribution >= 0.6 is 0 Å². The van der Waals surface area contributed by atoms with Crippen LogP contribution in [0.15, 0.2) is 48.3 Å². The minimum atomic E-state index is 0.0508. The molecule has 0 fully saturated rings. The van der Waals surface area contributed by atoms with Crippen LogP contribution in [0.5, 0.6) is 0 Å². The molecule has 0 saturated heterocycles. The second kappa shape index (κ2) is 4.00. The zero-order chi connectivity index (χ0) is 10.7. The van der Waals surface area contributed by atoms with E-state index in [2.05, 4.69) is 5.32 Å². The average Bonchev–Trinajstić information content (AvgIpc) is 2.29. The summed E-state index contributed by atoms with van der Waals surface area (Å²) in [5, 5.41) is 3.16. The quantitative estimate of drug-likeness (QED) is 0.711. The fourth-order valence-electron chi connectivity index (χ4n) is 1.56. The van der Waals surface area contributed by atoms with E-state index < -0.39 is 0 Å². The van der Waals surface area contributed by atoms with Crippen molar-refractivity contribution >= 4 is 6.29 Å². The van der Waals surface area contributed by atoms with Crippen molar-refractivity contribution in [1.29, 1.82) is 0 Å². The number of carbonyl (C=O) groups excluding carboxylic acids is 1. The maximum Gasteiger partial charge on any atom is 0.150 e. The number of hydrogen-bond donors (Lipinski definition) is 2. The first-order valence-corrected chi connectivity index (χ1v) is 4.74. The van der Waals surface area contributed by atoms with Gasteiger partial charge in [0, 0.05) is 11.3 Å². The molecule has 1 unspecified atom stereocenters. The van der Waals surface area contributed by atoms with Crippen molar-refractivity contribution in [3.8, 4) is 0 Å². The molecule has 1 aromatic rings. The first kappa shape index (κ1) is 9.52. The lowest BCUT2D eigenvalue weighted by molar-refractivity contribution is 0.112. The van der Waals surface area contributed by atoms with Gasteiger partial charge in [-0.25, -0.2) is 0 Å². The Hall–Kier alpha value is -2.03. The smallest absolute Gasteiger partial charge is 0.150 e. The van der Waals surface area contributed by atoms with E-state index in [9.17, 15) is 4.79 Å². The van der Waals surface area contributed by atoms with Crippen molar-refractivity contribution in [2.45, 2.75) is 6.04 Å². The maximum absolute atomic E-state index is 10.6. The highest BCUT2D eigenvalue weighted by molar-refractivity contribution is 5.75. The molecule has 3 nitrogen and oxygen atoms in total. The van der Waals surface area contributed by atoms with Gasteiger partial charge < -0.3 is 11.1 Å². The summed E-state index contributed by atoms with van der Waals surface area (Å²) in [6.45, 7) is 0. The number of hydrogen-bond acceptors (Lipinski definition) is 3. The summed E-state index contributed by atoms with van der Waals surface area (Å²) in [7, 11) is 0. The Kier molecular flexibility index (Phi) is 2.54. The van der Waals surface area contributed by atoms with Crippen molar-refractivity contribution in [3.05, 3.63) is 59.4 Å². The summed E-state index contributed by atoms with van der Waals surface area (Å²) >= 11 is 0. The SMILES string of the molecule is NC1=CC(c2cccc(C=O)c2)NC=C1. The first-order chi connectivity index (χ1) is 7.29. The van der Waals surface area contributed by atoms with Crippen LogP contribution in [0.2, 0.25) is 0 Å². The molecule has 2 rings (SSSR count). The van der Waals surface area contributed by atoms with Gasteiger partial charge in [0.25, 0.3) is 0 Å². The second-order valence-corrected chi connectivity index (χ2v) is 3.43. The Morgan fingerprint density at radius 1 is 1.40 bits per heavy atom. The van der Waals surface area contributed by atoms with Crippen LogP contribution in [0.25, 0.3) is 0 Å². The molecule has 0 aromatic heterocycles. The minimum absolute atomic E-state index is 0.0508. The highest BCUT2D eigenvalue weighted by atomic mass is 16.1. The minimum Gasteiger partial charge on any atom is -0.399 e. The Bertz CT molecular complexity index is 435. The molecule has 15 heavy (non-hydrogen) atoms. The predicted octanol–water partition coefficient (Wildman–Crippen LogP) is 1.50. The van der Waals surface area contributed by atoms with Gasteiger partial charge in [0.2, 0.25) is 0 Å². The number of aldehydes is 1. The number of allylic oxidation sites excluding steroid dienone is 1. The van der Waals surface area contributed by atoms with Gasteiger partial charge in [-0.3, -0.25) is 4.79 Å². The molecule has 1 aromatic carbocycles. The molecule has 0 amide bonds. The largest absolute Gasteiger partial charge is 0.399 e. The summed E-state index contributed by atoms with van der Waals surface area (Å²) in [6.07, 6.45) is 6.38. The second-order valence-electron chi connectivity index (χ2n) is 3.43. The topological polar surface area (TPSA) is 55.1 Å². The normalized spacial score (nSPS) is 19.2. The third-order valence-electron chi connectivity index (χ3n) is 2.32. The van der Waals surface area contributed by atoms with Crippen LogP contribution in [0.4, 0.5) is 0 Å². The average molecular weight is 200 g/mol. The van der Waals surface area contributed by atoms with Crippen LogP contribution in [0, 0.1) is 0 Å². The van der Waals surface area contributed by atoms with E-state index in [4.69, 9.17) is 5.73 Å². The first-order valence-electron chi connectivity index (χ1n) is 4.74. The highest BCUT2D eigenvalue weighted by Crippen LogP contribution is 2.18. The van der Waals surface area contributed by atoms with E-state index in [1.807, 2.05) is 30.5 Å². The predicted molar refractivity (Wildman–Crippen MR) is 59.1 cm³/mol. The molecule has 3 heteroatoms. The van der Waals surface area contributed by atoms with Crippen molar-refractivity contribution < 1.29 is 4.79 Å². The zero-order valence-corrected chi connectivity index (χ0v) is 8.18. The molecular formula is C12H12N2O. The third kappa shape index (κ3) is 2.07. The van der Waals surface area contributed by atoms with Crippen LogP contribution in [-0.4, -0.2) is 6.29 Å². The Morgan fingerprint density at radius 2 is 2.27 bits per heavy atom. The summed E-state index contributed by atoms with van der Waals surface area (Å²) in [4.78, 5) is 10.6. The van der Waals surface area contributed by atoms with Crippen LogP contribution < -0.4 is 11.1 Å². The van der Waals surface area contributed by atoms with Crippen molar-refractivity contribution in [1.82, 2.24) is 5.32 Å². The summed E-state index contributed by atoms with van der Waals surface area (Å²) in [5.41, 5.74) is 8.14. The Labute approximate surface area is 88.3 Å². The van der Waals surface area contributed by atoms with E-state index in [0.717, 1.165) is 17.5 Å². The number of benzene rings is 1. The van der Waals surface area contributed by atoms with E-state index >= 15 is 0 Å². The summed E-state index contributed by atoms with van der Waals surface area (Å²) in [6, 6.07) is 7.52. The maximum atomic E-state index is 10.6. The molecule has 0 spiro atoms. The fourth-order valence-corrected chi connectivity index (χ4v) is 1.56. The van der Waals surface area contributed by atoms with Gasteiger partial charge in [-0.15, -0.1) is 0 Å².